The summed E-state index contributed by atoms with van der Waals surface area (Å²) in [6, 6.07) is 7.70. The van der Waals surface area contributed by atoms with Crippen LogP contribution in [0.15, 0.2) is 34.4 Å². The van der Waals surface area contributed by atoms with Crippen molar-refractivity contribution in [2.45, 2.75) is 32.9 Å². The van der Waals surface area contributed by atoms with Crippen LogP contribution in [-0.2, 0) is 6.54 Å². The highest BCUT2D eigenvalue weighted by atomic mass is 35.5. The van der Waals surface area contributed by atoms with Crippen LogP contribution >= 0.6 is 34.5 Å². The van der Waals surface area contributed by atoms with Crippen LogP contribution in [0.3, 0.4) is 0 Å². The maximum Gasteiger partial charge on any atom is 0.268 e. The number of H-pyrrole nitrogens is 1. The Bertz CT molecular complexity index is 937. The molecular weight excluding hydrogens is 377 g/mol. The van der Waals surface area contributed by atoms with Crippen LogP contribution in [0.2, 0.25) is 10.0 Å². The largest absolute Gasteiger partial charge is 0.308 e. The van der Waals surface area contributed by atoms with E-state index in [-0.39, 0.29) is 11.6 Å². The minimum Gasteiger partial charge on any atom is -0.308 e. The molecule has 132 valence electrons. The van der Waals surface area contributed by atoms with E-state index in [9.17, 15) is 4.79 Å². The van der Waals surface area contributed by atoms with Gasteiger partial charge in [-0.3, -0.25) is 9.69 Å². The molecule has 0 bridgehead atoms. The number of aromatic nitrogens is 2. The van der Waals surface area contributed by atoms with Crippen molar-refractivity contribution in [1.29, 1.82) is 0 Å². The van der Waals surface area contributed by atoms with Gasteiger partial charge >= 0.3 is 0 Å². The number of fused-ring (bicyclic) bond motifs is 1. The van der Waals surface area contributed by atoms with Gasteiger partial charge in [0.1, 0.15) is 10.5 Å². The summed E-state index contributed by atoms with van der Waals surface area (Å²) >= 11 is 13.6. The highest BCUT2D eigenvalue weighted by Crippen LogP contribution is 2.29. The number of nitrogens with one attached hydrogen (secondary N) is 1. The summed E-state index contributed by atoms with van der Waals surface area (Å²) in [5.41, 5.74) is 1.76. The SMILES string of the molecule is CCCN(Cc1nc2ccsc2c(=O)[nH]1)C(C)c1ccc(Cl)c(Cl)c1. The van der Waals surface area contributed by atoms with Gasteiger partial charge in [0.15, 0.2) is 0 Å². The molecule has 2 heterocycles. The zero-order valence-corrected chi connectivity index (χ0v) is 16.4. The van der Waals surface area contributed by atoms with Crippen molar-refractivity contribution in [2.75, 3.05) is 6.54 Å². The number of aromatic amines is 1. The Kier molecular flexibility index (Phi) is 5.79. The van der Waals surface area contributed by atoms with E-state index in [2.05, 4.69) is 28.7 Å². The molecule has 0 saturated heterocycles. The van der Waals surface area contributed by atoms with Crippen molar-refractivity contribution in [3.05, 3.63) is 61.4 Å². The lowest BCUT2D eigenvalue weighted by molar-refractivity contribution is 0.197. The van der Waals surface area contributed by atoms with Gasteiger partial charge in [0.05, 0.1) is 22.1 Å². The molecule has 0 fully saturated rings. The van der Waals surface area contributed by atoms with Crippen molar-refractivity contribution in [1.82, 2.24) is 14.9 Å². The standard InChI is InChI=1S/C18H19Cl2N3OS/c1-3-7-23(11(2)12-4-5-13(19)14(20)9-12)10-16-21-15-6-8-25-17(15)18(24)22-16/h4-6,8-9,11H,3,7,10H2,1-2H3,(H,21,22,24). The Hall–Kier alpha value is -1.40. The maximum absolute atomic E-state index is 12.2. The van der Waals surface area contributed by atoms with E-state index in [0.717, 1.165) is 24.0 Å². The van der Waals surface area contributed by atoms with Crippen LogP contribution in [0.25, 0.3) is 10.2 Å². The lowest BCUT2D eigenvalue weighted by Gasteiger charge is -2.28. The lowest BCUT2D eigenvalue weighted by Crippen LogP contribution is -2.29. The monoisotopic (exact) mass is 395 g/mol. The molecule has 3 rings (SSSR count). The highest BCUT2D eigenvalue weighted by molar-refractivity contribution is 7.17. The van der Waals surface area contributed by atoms with E-state index in [0.29, 0.717) is 27.1 Å². The van der Waals surface area contributed by atoms with E-state index >= 15 is 0 Å². The van der Waals surface area contributed by atoms with Gasteiger partial charge in [-0.1, -0.05) is 36.2 Å². The first-order chi connectivity index (χ1) is 12.0. The molecule has 1 unspecified atom stereocenters. The molecule has 25 heavy (non-hydrogen) atoms. The first kappa shape index (κ1) is 18.4. The Morgan fingerprint density at radius 3 is 2.80 bits per heavy atom. The Morgan fingerprint density at radius 1 is 1.28 bits per heavy atom. The smallest absolute Gasteiger partial charge is 0.268 e. The number of halogens is 2. The van der Waals surface area contributed by atoms with Gasteiger partial charge in [-0.2, -0.15) is 0 Å². The van der Waals surface area contributed by atoms with E-state index in [1.807, 2.05) is 29.6 Å². The molecule has 3 aromatic rings. The second-order valence-electron chi connectivity index (χ2n) is 5.97. The number of hydrogen-bond donors (Lipinski definition) is 1. The van der Waals surface area contributed by atoms with Crippen LogP contribution in [-0.4, -0.2) is 21.4 Å². The molecular formula is C18H19Cl2N3OS. The molecule has 1 N–H and O–H groups in total. The van der Waals surface area contributed by atoms with Crippen LogP contribution in [0.4, 0.5) is 0 Å². The zero-order chi connectivity index (χ0) is 18.0. The maximum atomic E-state index is 12.2. The number of rotatable bonds is 6. The summed E-state index contributed by atoms with van der Waals surface area (Å²) in [7, 11) is 0. The molecule has 4 nitrogen and oxygen atoms in total. The third kappa shape index (κ3) is 4.06. The van der Waals surface area contributed by atoms with Gasteiger partial charge in [-0.05, 0) is 49.0 Å². The minimum atomic E-state index is -0.0753. The number of nitrogens with zero attached hydrogens (tertiary/aromatic N) is 2. The van der Waals surface area contributed by atoms with Crippen LogP contribution in [0.1, 0.15) is 37.7 Å². The lowest BCUT2D eigenvalue weighted by atomic mass is 10.1. The molecule has 2 aromatic heterocycles. The Balaban J connectivity index is 1.88. The zero-order valence-electron chi connectivity index (χ0n) is 14.1. The Labute approximate surface area is 160 Å². The fourth-order valence-corrected chi connectivity index (χ4v) is 3.90. The van der Waals surface area contributed by atoms with Crippen molar-refractivity contribution in [3.8, 4) is 0 Å². The predicted octanol–water partition coefficient (Wildman–Crippen LogP) is 5.26. The molecule has 0 aliphatic carbocycles. The van der Waals surface area contributed by atoms with E-state index in [1.165, 1.54) is 11.3 Å². The normalized spacial score (nSPS) is 12.8. The quantitative estimate of drug-likeness (QED) is 0.618. The van der Waals surface area contributed by atoms with E-state index in [1.54, 1.807) is 0 Å². The van der Waals surface area contributed by atoms with E-state index < -0.39 is 0 Å². The third-order valence-corrected chi connectivity index (χ3v) is 5.84. The number of thiophene rings is 1. The van der Waals surface area contributed by atoms with E-state index in [4.69, 9.17) is 23.2 Å². The summed E-state index contributed by atoms with van der Waals surface area (Å²) in [5.74, 6) is 0.677. The highest BCUT2D eigenvalue weighted by Gasteiger charge is 2.18. The van der Waals surface area contributed by atoms with Gasteiger partial charge < -0.3 is 4.98 Å². The second-order valence-corrected chi connectivity index (χ2v) is 7.70. The van der Waals surface area contributed by atoms with Crippen molar-refractivity contribution >= 4 is 44.8 Å². The summed E-state index contributed by atoms with van der Waals surface area (Å²) in [5, 5.41) is 2.99. The summed E-state index contributed by atoms with van der Waals surface area (Å²) < 4.78 is 0.670. The molecule has 0 radical (unpaired) electrons. The van der Waals surface area contributed by atoms with Crippen molar-refractivity contribution in [3.63, 3.8) is 0 Å². The summed E-state index contributed by atoms with van der Waals surface area (Å²) in [6.45, 7) is 5.70. The van der Waals surface area contributed by atoms with Gasteiger partial charge in [0.2, 0.25) is 0 Å². The number of hydrogen-bond acceptors (Lipinski definition) is 4. The fourth-order valence-electron chi connectivity index (χ4n) is 2.87. The van der Waals surface area contributed by atoms with Gasteiger partial charge in [-0.25, -0.2) is 4.98 Å². The molecule has 1 aromatic carbocycles. The molecule has 7 heteroatoms. The minimum absolute atomic E-state index is 0.0753. The first-order valence-electron chi connectivity index (χ1n) is 8.15. The van der Waals surface area contributed by atoms with Crippen molar-refractivity contribution < 1.29 is 0 Å². The average molecular weight is 396 g/mol. The average Bonchev–Trinajstić information content (AvgIpc) is 3.05. The third-order valence-electron chi connectivity index (χ3n) is 4.20. The number of benzene rings is 1. The summed E-state index contributed by atoms with van der Waals surface area (Å²) in [6.07, 6.45) is 0.997. The molecule has 0 spiro atoms. The van der Waals surface area contributed by atoms with Crippen LogP contribution in [0, 0.1) is 0 Å². The van der Waals surface area contributed by atoms with Gasteiger partial charge in [-0.15, -0.1) is 11.3 Å². The molecule has 0 amide bonds. The molecule has 0 aliphatic rings. The molecule has 0 saturated carbocycles. The van der Waals surface area contributed by atoms with Crippen LogP contribution in [0.5, 0.6) is 0 Å². The Morgan fingerprint density at radius 2 is 2.08 bits per heavy atom. The summed E-state index contributed by atoms with van der Waals surface area (Å²) in [4.78, 5) is 22.0. The fraction of sp³-hybridized carbons (Fsp3) is 0.333. The van der Waals surface area contributed by atoms with Crippen molar-refractivity contribution in [2.24, 2.45) is 0 Å². The molecule has 1 atom stereocenters. The predicted molar refractivity (Wildman–Crippen MR) is 106 cm³/mol. The molecule has 0 aliphatic heterocycles. The first-order valence-corrected chi connectivity index (χ1v) is 9.78. The van der Waals surface area contributed by atoms with Gasteiger partial charge in [0.25, 0.3) is 5.56 Å². The topological polar surface area (TPSA) is 49.0 Å². The second kappa shape index (κ2) is 7.87. The van der Waals surface area contributed by atoms with Crippen LogP contribution < -0.4 is 5.56 Å². The van der Waals surface area contributed by atoms with Gasteiger partial charge in [0, 0.05) is 6.04 Å².